The van der Waals surface area contributed by atoms with Crippen molar-refractivity contribution >= 4 is 11.6 Å². The van der Waals surface area contributed by atoms with Gasteiger partial charge in [-0.2, -0.15) is 0 Å². The number of aromatic nitrogens is 5. The normalized spacial score (nSPS) is 12.3. The fourth-order valence-electron chi connectivity index (χ4n) is 3.71. The molecule has 0 saturated carbocycles. The summed E-state index contributed by atoms with van der Waals surface area (Å²) in [5.41, 5.74) is 8.57. The van der Waals surface area contributed by atoms with Crippen molar-refractivity contribution in [3.05, 3.63) is 87.7 Å². The van der Waals surface area contributed by atoms with E-state index in [0.29, 0.717) is 6.42 Å². The van der Waals surface area contributed by atoms with Crippen LogP contribution in [0.15, 0.2) is 48.8 Å². The third-order valence-corrected chi connectivity index (χ3v) is 5.56. The molecule has 0 unspecified atom stereocenters. The lowest BCUT2D eigenvalue weighted by Crippen LogP contribution is -2.04. The first-order chi connectivity index (χ1) is 13.1. The zero-order valence-electron chi connectivity index (χ0n) is 15.1. The highest BCUT2D eigenvalue weighted by atomic mass is 35.5. The van der Waals surface area contributed by atoms with E-state index >= 15 is 0 Å². The van der Waals surface area contributed by atoms with E-state index in [9.17, 15) is 0 Å². The number of aryl methyl sites for hydroxylation is 2. The Bertz CT molecular complexity index is 1170. The molecule has 0 saturated heterocycles. The van der Waals surface area contributed by atoms with Crippen molar-refractivity contribution in [2.75, 3.05) is 0 Å². The maximum absolute atomic E-state index is 6.38. The Morgan fingerprint density at radius 3 is 2.74 bits per heavy atom. The van der Waals surface area contributed by atoms with Gasteiger partial charge in [0.05, 0.1) is 40.5 Å². The lowest BCUT2D eigenvalue weighted by Gasteiger charge is -2.10. The highest BCUT2D eigenvalue weighted by molar-refractivity contribution is 6.31. The number of fused-ring (bicyclic) bond motifs is 5. The van der Waals surface area contributed by atoms with Crippen molar-refractivity contribution in [1.29, 1.82) is 0 Å². The van der Waals surface area contributed by atoms with Crippen molar-refractivity contribution in [2.45, 2.75) is 26.7 Å². The second kappa shape index (κ2) is 6.06. The van der Waals surface area contributed by atoms with Crippen LogP contribution in [0.4, 0.5) is 0 Å². The molecular formula is C21H18ClN5. The highest BCUT2D eigenvalue weighted by Gasteiger charge is 2.25. The molecule has 2 aromatic heterocycles. The summed E-state index contributed by atoms with van der Waals surface area (Å²) in [6.45, 7) is 4.14. The SMILES string of the molecule is Cc1ccc2c(c1)-n1nnc(Cc3ccccc3Cl)c1Cc1c(C)ncn1-2. The number of imidazole rings is 1. The van der Waals surface area contributed by atoms with Crippen molar-refractivity contribution in [2.24, 2.45) is 0 Å². The van der Waals surface area contributed by atoms with Crippen LogP contribution in [-0.2, 0) is 12.8 Å². The Kier molecular flexibility index (Phi) is 3.65. The van der Waals surface area contributed by atoms with Gasteiger partial charge in [0.25, 0.3) is 0 Å². The third-order valence-electron chi connectivity index (χ3n) is 5.19. The topological polar surface area (TPSA) is 48.5 Å². The van der Waals surface area contributed by atoms with Gasteiger partial charge in [0.1, 0.15) is 0 Å². The van der Waals surface area contributed by atoms with Crippen LogP contribution in [0.25, 0.3) is 11.4 Å². The zero-order valence-corrected chi connectivity index (χ0v) is 15.9. The molecule has 5 nitrogen and oxygen atoms in total. The zero-order chi connectivity index (χ0) is 18.5. The summed E-state index contributed by atoms with van der Waals surface area (Å²) in [5.74, 6) is 0. The van der Waals surface area contributed by atoms with Gasteiger partial charge in [-0.15, -0.1) is 5.10 Å². The standard InChI is InChI=1S/C21H18ClN5/c1-13-7-8-18-21(9-13)27-20(11-19-14(2)23-12-26(18)19)17(24-25-27)10-15-5-3-4-6-16(15)22/h3-9,12H,10-11H2,1-2H3. The molecule has 6 heteroatoms. The Morgan fingerprint density at radius 1 is 1.04 bits per heavy atom. The van der Waals surface area contributed by atoms with Crippen molar-refractivity contribution < 1.29 is 0 Å². The second-order valence-corrected chi connectivity index (χ2v) is 7.39. The first-order valence-corrected chi connectivity index (χ1v) is 9.30. The van der Waals surface area contributed by atoms with Crippen LogP contribution in [0.2, 0.25) is 5.02 Å². The summed E-state index contributed by atoms with van der Waals surface area (Å²) in [7, 11) is 0. The lowest BCUT2D eigenvalue weighted by atomic mass is 10.1. The highest BCUT2D eigenvalue weighted by Crippen LogP contribution is 2.31. The van der Waals surface area contributed by atoms with Crippen LogP contribution in [0.1, 0.15) is 33.9 Å². The summed E-state index contributed by atoms with van der Waals surface area (Å²) in [6, 6.07) is 14.3. The Balaban J connectivity index is 1.71. The van der Waals surface area contributed by atoms with E-state index in [-0.39, 0.29) is 0 Å². The smallest absolute Gasteiger partial charge is 0.0998 e. The number of halogens is 1. The van der Waals surface area contributed by atoms with E-state index in [4.69, 9.17) is 11.6 Å². The predicted molar refractivity (Wildman–Crippen MR) is 105 cm³/mol. The molecule has 0 N–H and O–H groups in total. The molecule has 0 amide bonds. The molecular weight excluding hydrogens is 358 g/mol. The molecule has 5 rings (SSSR count). The maximum Gasteiger partial charge on any atom is 0.0998 e. The largest absolute Gasteiger partial charge is 0.300 e. The summed E-state index contributed by atoms with van der Waals surface area (Å²) >= 11 is 6.38. The number of hydrogen-bond acceptors (Lipinski definition) is 3. The van der Waals surface area contributed by atoms with Crippen LogP contribution in [0.5, 0.6) is 0 Å². The predicted octanol–water partition coefficient (Wildman–Crippen LogP) is 4.22. The van der Waals surface area contributed by atoms with Crippen LogP contribution in [0.3, 0.4) is 0 Å². The maximum atomic E-state index is 6.38. The minimum absolute atomic E-state index is 0.656. The molecule has 0 fully saturated rings. The fourth-order valence-corrected chi connectivity index (χ4v) is 3.91. The molecule has 4 aromatic rings. The van der Waals surface area contributed by atoms with Gasteiger partial charge in [0.15, 0.2) is 0 Å². The van der Waals surface area contributed by atoms with Gasteiger partial charge in [0, 0.05) is 17.9 Å². The van der Waals surface area contributed by atoms with Gasteiger partial charge in [0.2, 0.25) is 0 Å². The van der Waals surface area contributed by atoms with Crippen LogP contribution in [-0.4, -0.2) is 24.5 Å². The third kappa shape index (κ3) is 2.58. The number of hydrogen-bond donors (Lipinski definition) is 0. The van der Waals surface area contributed by atoms with Gasteiger partial charge in [-0.3, -0.25) is 0 Å². The van der Waals surface area contributed by atoms with Crippen molar-refractivity contribution in [3.8, 4) is 11.4 Å². The minimum atomic E-state index is 0.656. The molecule has 0 bridgehead atoms. The Morgan fingerprint density at radius 2 is 1.89 bits per heavy atom. The first-order valence-electron chi connectivity index (χ1n) is 8.93. The Labute approximate surface area is 162 Å². The van der Waals surface area contributed by atoms with Crippen molar-refractivity contribution in [3.63, 3.8) is 0 Å². The second-order valence-electron chi connectivity index (χ2n) is 6.98. The van der Waals surface area contributed by atoms with E-state index in [0.717, 1.165) is 45.5 Å². The fraction of sp³-hybridized carbons (Fsp3) is 0.190. The summed E-state index contributed by atoms with van der Waals surface area (Å²) in [5, 5.41) is 9.78. The lowest BCUT2D eigenvalue weighted by molar-refractivity contribution is 0.776. The molecule has 0 aliphatic carbocycles. The van der Waals surface area contributed by atoms with Crippen molar-refractivity contribution in [1.82, 2.24) is 24.5 Å². The monoisotopic (exact) mass is 375 g/mol. The van der Waals surface area contributed by atoms with Gasteiger partial charge >= 0.3 is 0 Å². The minimum Gasteiger partial charge on any atom is -0.300 e. The molecule has 27 heavy (non-hydrogen) atoms. The van der Waals surface area contributed by atoms with Gasteiger partial charge in [-0.05, 0) is 43.2 Å². The van der Waals surface area contributed by atoms with E-state index in [1.165, 1.54) is 11.3 Å². The number of nitrogens with zero attached hydrogens (tertiary/aromatic N) is 5. The molecule has 1 aliphatic rings. The summed E-state index contributed by atoms with van der Waals surface area (Å²) in [6.07, 6.45) is 3.28. The molecule has 0 radical (unpaired) electrons. The quantitative estimate of drug-likeness (QED) is 0.464. The average molecular weight is 376 g/mol. The molecule has 1 aliphatic heterocycles. The van der Waals surface area contributed by atoms with E-state index in [2.05, 4.69) is 45.0 Å². The summed E-state index contributed by atoms with van der Waals surface area (Å²) < 4.78 is 4.14. The molecule has 2 aromatic carbocycles. The molecule has 0 spiro atoms. The van der Waals surface area contributed by atoms with E-state index in [1.54, 1.807) is 0 Å². The van der Waals surface area contributed by atoms with Gasteiger partial charge in [-0.25, -0.2) is 9.67 Å². The number of rotatable bonds is 2. The Hall–Kier alpha value is -2.92. The number of benzene rings is 2. The van der Waals surface area contributed by atoms with Crippen LogP contribution in [0, 0.1) is 13.8 Å². The molecule has 0 atom stereocenters. The van der Waals surface area contributed by atoms with Gasteiger partial charge < -0.3 is 4.57 Å². The van der Waals surface area contributed by atoms with Gasteiger partial charge in [-0.1, -0.05) is 41.1 Å². The first kappa shape index (κ1) is 16.3. The van der Waals surface area contributed by atoms with Crippen LogP contribution >= 0.6 is 11.6 Å². The molecule has 134 valence electrons. The summed E-state index contributed by atoms with van der Waals surface area (Å²) in [4.78, 5) is 4.54. The average Bonchev–Trinajstić information content (AvgIpc) is 3.18. The van der Waals surface area contributed by atoms with Crippen LogP contribution < -0.4 is 0 Å². The van der Waals surface area contributed by atoms with E-state index < -0.39 is 0 Å². The van der Waals surface area contributed by atoms with E-state index in [1.807, 2.05) is 42.2 Å². The molecule has 3 heterocycles.